The standard InChI is InChI=1S/C15H24BrN3O2/c1-3-12-14(19(20)21)13(4-2)18(17-12)11-15(10-16)8-6-5-7-9-15/h3-11H2,1-2H3. The first-order valence-electron chi connectivity index (χ1n) is 7.85. The molecule has 0 spiro atoms. The lowest BCUT2D eigenvalue weighted by Gasteiger charge is -2.36. The molecule has 1 aromatic rings. The maximum absolute atomic E-state index is 11.4. The van der Waals surface area contributed by atoms with Crippen molar-refractivity contribution >= 4 is 21.6 Å². The summed E-state index contributed by atoms with van der Waals surface area (Å²) in [6.07, 6.45) is 7.41. The molecule has 2 rings (SSSR count). The lowest BCUT2D eigenvalue weighted by atomic mass is 9.75. The number of nitrogens with zero attached hydrogens (tertiary/aromatic N) is 3. The molecule has 1 aromatic heterocycles. The van der Waals surface area contributed by atoms with E-state index in [1.165, 1.54) is 32.1 Å². The number of rotatable bonds is 6. The summed E-state index contributed by atoms with van der Waals surface area (Å²) in [6, 6.07) is 0. The summed E-state index contributed by atoms with van der Waals surface area (Å²) in [4.78, 5) is 11.1. The monoisotopic (exact) mass is 357 g/mol. The van der Waals surface area contributed by atoms with E-state index in [1.807, 2.05) is 18.5 Å². The van der Waals surface area contributed by atoms with Crippen molar-refractivity contribution in [2.45, 2.75) is 65.3 Å². The quantitative estimate of drug-likeness (QED) is 0.434. The highest BCUT2D eigenvalue weighted by atomic mass is 79.9. The minimum absolute atomic E-state index is 0.201. The van der Waals surface area contributed by atoms with Crippen molar-refractivity contribution < 1.29 is 4.92 Å². The number of nitro groups is 1. The van der Waals surface area contributed by atoms with Gasteiger partial charge in [-0.3, -0.25) is 14.8 Å². The second-order valence-electron chi connectivity index (χ2n) is 6.06. The van der Waals surface area contributed by atoms with Crippen molar-refractivity contribution in [3.63, 3.8) is 0 Å². The molecule has 0 bridgehead atoms. The minimum Gasteiger partial charge on any atom is -0.262 e. The van der Waals surface area contributed by atoms with E-state index in [0.29, 0.717) is 18.5 Å². The van der Waals surface area contributed by atoms with E-state index in [2.05, 4.69) is 21.0 Å². The van der Waals surface area contributed by atoms with Crippen LogP contribution in [0.15, 0.2) is 0 Å². The van der Waals surface area contributed by atoms with E-state index in [1.54, 1.807) is 0 Å². The molecule has 0 radical (unpaired) electrons. The Labute approximate surface area is 134 Å². The van der Waals surface area contributed by atoms with Gasteiger partial charge in [-0.05, 0) is 31.1 Å². The van der Waals surface area contributed by atoms with Gasteiger partial charge in [0.05, 0.1) is 4.92 Å². The molecule has 0 atom stereocenters. The van der Waals surface area contributed by atoms with Gasteiger partial charge in [-0.1, -0.05) is 49.0 Å². The number of aryl methyl sites for hydroxylation is 1. The normalized spacial score (nSPS) is 17.9. The summed E-state index contributed by atoms with van der Waals surface area (Å²) >= 11 is 3.67. The highest BCUT2D eigenvalue weighted by Gasteiger charge is 2.34. The summed E-state index contributed by atoms with van der Waals surface area (Å²) in [6.45, 7) is 4.70. The van der Waals surface area contributed by atoms with Crippen molar-refractivity contribution in [2.75, 3.05) is 5.33 Å². The SMILES string of the molecule is CCc1nn(CC2(CBr)CCCCC2)c(CC)c1[N+](=O)[O-]. The Balaban J connectivity index is 2.36. The van der Waals surface area contributed by atoms with Crippen molar-refractivity contribution in [3.05, 3.63) is 21.5 Å². The second-order valence-corrected chi connectivity index (χ2v) is 6.62. The molecule has 0 saturated heterocycles. The minimum atomic E-state index is -0.261. The Hall–Kier alpha value is -0.910. The zero-order chi connectivity index (χ0) is 15.5. The number of hydrogen-bond acceptors (Lipinski definition) is 3. The molecule has 118 valence electrons. The van der Waals surface area contributed by atoms with Crippen LogP contribution in [0.4, 0.5) is 5.69 Å². The molecule has 0 aromatic carbocycles. The first kappa shape index (κ1) is 16.5. The number of alkyl halides is 1. The fraction of sp³-hybridized carbons (Fsp3) is 0.800. The van der Waals surface area contributed by atoms with Crippen LogP contribution >= 0.6 is 15.9 Å². The summed E-state index contributed by atoms with van der Waals surface area (Å²) in [7, 11) is 0. The first-order chi connectivity index (χ1) is 10.1. The van der Waals surface area contributed by atoms with Crippen LogP contribution < -0.4 is 0 Å². The van der Waals surface area contributed by atoms with Crippen LogP contribution in [0, 0.1) is 15.5 Å². The van der Waals surface area contributed by atoms with Gasteiger partial charge >= 0.3 is 5.69 Å². The van der Waals surface area contributed by atoms with Gasteiger partial charge in [0.25, 0.3) is 0 Å². The summed E-state index contributed by atoms with van der Waals surface area (Å²) < 4.78 is 1.92. The van der Waals surface area contributed by atoms with E-state index in [0.717, 1.165) is 17.6 Å². The molecule has 1 aliphatic rings. The lowest BCUT2D eigenvalue weighted by molar-refractivity contribution is -0.386. The van der Waals surface area contributed by atoms with Crippen LogP contribution in [0.5, 0.6) is 0 Å². The van der Waals surface area contributed by atoms with Crippen molar-refractivity contribution in [3.8, 4) is 0 Å². The van der Waals surface area contributed by atoms with E-state index >= 15 is 0 Å². The average molecular weight is 358 g/mol. The highest BCUT2D eigenvalue weighted by Crippen LogP contribution is 2.40. The Morgan fingerprint density at radius 1 is 1.29 bits per heavy atom. The van der Waals surface area contributed by atoms with Crippen molar-refractivity contribution in [1.29, 1.82) is 0 Å². The molecule has 0 amide bonds. The van der Waals surface area contributed by atoms with Crippen LogP contribution in [0.3, 0.4) is 0 Å². The molecular formula is C15H24BrN3O2. The average Bonchev–Trinajstić information content (AvgIpc) is 2.85. The van der Waals surface area contributed by atoms with Crippen LogP contribution in [0.2, 0.25) is 0 Å². The summed E-state index contributed by atoms with van der Waals surface area (Å²) in [5, 5.41) is 16.9. The fourth-order valence-electron chi connectivity index (χ4n) is 3.43. The predicted octanol–water partition coefficient (Wildman–Crippen LogP) is 4.26. The van der Waals surface area contributed by atoms with E-state index in [9.17, 15) is 10.1 Å². The predicted molar refractivity (Wildman–Crippen MR) is 86.9 cm³/mol. The van der Waals surface area contributed by atoms with Crippen LogP contribution in [-0.4, -0.2) is 20.0 Å². The molecule has 1 aliphatic carbocycles. The molecule has 1 heterocycles. The Morgan fingerprint density at radius 3 is 2.43 bits per heavy atom. The third-order valence-corrected chi connectivity index (χ3v) is 5.82. The van der Waals surface area contributed by atoms with Gasteiger partial charge in [0, 0.05) is 11.9 Å². The number of halogens is 1. The third-order valence-electron chi connectivity index (χ3n) is 4.63. The number of aromatic nitrogens is 2. The van der Waals surface area contributed by atoms with Crippen molar-refractivity contribution in [2.24, 2.45) is 5.41 Å². The molecule has 0 aliphatic heterocycles. The van der Waals surface area contributed by atoms with Gasteiger partial charge in [-0.15, -0.1) is 0 Å². The third kappa shape index (κ3) is 3.30. The van der Waals surface area contributed by atoms with Crippen LogP contribution in [0.25, 0.3) is 0 Å². The maximum atomic E-state index is 11.4. The van der Waals surface area contributed by atoms with Gasteiger partial charge < -0.3 is 0 Å². The lowest BCUT2D eigenvalue weighted by Crippen LogP contribution is -2.32. The largest absolute Gasteiger partial charge is 0.313 e. The van der Waals surface area contributed by atoms with Gasteiger partial charge in [-0.25, -0.2) is 0 Å². The van der Waals surface area contributed by atoms with E-state index in [-0.39, 0.29) is 16.0 Å². The summed E-state index contributed by atoms with van der Waals surface area (Å²) in [5.74, 6) is 0. The van der Waals surface area contributed by atoms with Gasteiger partial charge in [0.1, 0.15) is 11.4 Å². The molecule has 21 heavy (non-hydrogen) atoms. The molecular weight excluding hydrogens is 334 g/mol. The molecule has 5 nitrogen and oxygen atoms in total. The smallest absolute Gasteiger partial charge is 0.262 e. The second kappa shape index (κ2) is 6.90. The highest BCUT2D eigenvalue weighted by molar-refractivity contribution is 9.09. The van der Waals surface area contributed by atoms with Crippen LogP contribution in [-0.2, 0) is 19.4 Å². The van der Waals surface area contributed by atoms with Gasteiger partial charge in [0.15, 0.2) is 0 Å². The van der Waals surface area contributed by atoms with E-state index < -0.39 is 0 Å². The Kier molecular flexibility index (Phi) is 5.41. The molecule has 1 saturated carbocycles. The van der Waals surface area contributed by atoms with Crippen LogP contribution in [0.1, 0.15) is 57.3 Å². The van der Waals surface area contributed by atoms with E-state index in [4.69, 9.17) is 0 Å². The topological polar surface area (TPSA) is 61.0 Å². The Bertz CT molecular complexity index is 507. The first-order valence-corrected chi connectivity index (χ1v) is 8.98. The number of hydrogen-bond donors (Lipinski definition) is 0. The zero-order valence-corrected chi connectivity index (χ0v) is 14.5. The van der Waals surface area contributed by atoms with Gasteiger partial charge in [-0.2, -0.15) is 5.10 Å². The zero-order valence-electron chi connectivity index (χ0n) is 12.9. The molecule has 0 unspecified atom stereocenters. The molecule has 6 heteroatoms. The van der Waals surface area contributed by atoms with Gasteiger partial charge in [0.2, 0.25) is 0 Å². The Morgan fingerprint density at radius 2 is 1.95 bits per heavy atom. The maximum Gasteiger partial charge on any atom is 0.313 e. The fourth-order valence-corrected chi connectivity index (χ4v) is 4.16. The molecule has 0 N–H and O–H groups in total. The summed E-state index contributed by atoms with van der Waals surface area (Å²) in [5.41, 5.74) is 1.84. The van der Waals surface area contributed by atoms with Crippen molar-refractivity contribution in [1.82, 2.24) is 9.78 Å². The molecule has 1 fully saturated rings.